The smallest absolute Gasteiger partial charge is 0.0377 e. The third-order valence-electron chi connectivity index (χ3n) is 5.01. The zero-order chi connectivity index (χ0) is 13.3. The minimum absolute atomic E-state index is 0.643. The van der Waals surface area contributed by atoms with Crippen LogP contribution in [0, 0.1) is 12.3 Å². The van der Waals surface area contributed by atoms with Gasteiger partial charge in [-0.15, -0.1) is 0 Å². The molecule has 19 heavy (non-hydrogen) atoms. The van der Waals surface area contributed by atoms with Crippen LogP contribution >= 0.6 is 15.9 Å². The van der Waals surface area contributed by atoms with E-state index in [9.17, 15) is 0 Å². The molecule has 104 valence electrons. The molecule has 1 spiro atoms. The van der Waals surface area contributed by atoms with Crippen LogP contribution in [0.2, 0.25) is 0 Å². The molecular formula is C16H23BrN2. The first kappa shape index (κ1) is 13.4. The van der Waals surface area contributed by atoms with Gasteiger partial charge in [-0.2, -0.15) is 0 Å². The number of hydrogen-bond donors (Lipinski definition) is 1. The molecule has 2 nitrogen and oxygen atoms in total. The fourth-order valence-corrected chi connectivity index (χ4v) is 3.84. The number of piperidine rings is 2. The van der Waals surface area contributed by atoms with E-state index in [0.717, 1.165) is 0 Å². The lowest BCUT2D eigenvalue weighted by molar-refractivity contribution is 0.155. The summed E-state index contributed by atoms with van der Waals surface area (Å²) in [5, 5.41) is 3.49. The van der Waals surface area contributed by atoms with Gasteiger partial charge in [0.1, 0.15) is 0 Å². The van der Waals surface area contributed by atoms with Crippen molar-refractivity contribution < 1.29 is 0 Å². The van der Waals surface area contributed by atoms with Gasteiger partial charge >= 0.3 is 0 Å². The summed E-state index contributed by atoms with van der Waals surface area (Å²) >= 11 is 3.65. The third kappa shape index (κ3) is 2.82. The number of anilines is 1. The van der Waals surface area contributed by atoms with Crippen LogP contribution in [0.3, 0.4) is 0 Å². The number of nitrogens with one attached hydrogen (secondary N) is 1. The second-order valence-electron chi connectivity index (χ2n) is 6.17. The molecule has 0 aliphatic carbocycles. The van der Waals surface area contributed by atoms with Gasteiger partial charge in [0.05, 0.1) is 0 Å². The molecule has 1 aromatic rings. The molecule has 0 amide bonds. The summed E-state index contributed by atoms with van der Waals surface area (Å²) in [4.78, 5) is 2.55. The van der Waals surface area contributed by atoms with Gasteiger partial charge in [0, 0.05) is 23.2 Å². The predicted octanol–water partition coefficient (Wildman–Crippen LogP) is 3.73. The average molecular weight is 323 g/mol. The maximum atomic E-state index is 3.65. The van der Waals surface area contributed by atoms with Gasteiger partial charge in [0.2, 0.25) is 0 Å². The lowest BCUT2D eigenvalue weighted by atomic mass is 9.71. The Morgan fingerprint density at radius 3 is 2.42 bits per heavy atom. The van der Waals surface area contributed by atoms with E-state index in [2.05, 4.69) is 51.3 Å². The van der Waals surface area contributed by atoms with E-state index in [1.807, 2.05) is 0 Å². The second kappa shape index (κ2) is 5.45. The third-order valence-corrected chi connectivity index (χ3v) is 5.86. The first-order valence-electron chi connectivity index (χ1n) is 7.40. The van der Waals surface area contributed by atoms with Crippen LogP contribution in [0.5, 0.6) is 0 Å². The maximum Gasteiger partial charge on any atom is 0.0377 e. The van der Waals surface area contributed by atoms with Crippen LogP contribution in [0.25, 0.3) is 0 Å². The summed E-state index contributed by atoms with van der Waals surface area (Å²) in [7, 11) is 0. The van der Waals surface area contributed by atoms with Crippen molar-refractivity contribution in [2.45, 2.75) is 32.6 Å². The van der Waals surface area contributed by atoms with Crippen LogP contribution in [-0.4, -0.2) is 26.2 Å². The van der Waals surface area contributed by atoms with Crippen molar-refractivity contribution in [3.05, 3.63) is 28.2 Å². The molecule has 0 aromatic heterocycles. The van der Waals surface area contributed by atoms with Gasteiger partial charge in [-0.05, 0) is 68.8 Å². The van der Waals surface area contributed by atoms with Crippen molar-refractivity contribution in [1.82, 2.24) is 5.32 Å². The van der Waals surface area contributed by atoms with Crippen molar-refractivity contribution in [2.75, 3.05) is 31.1 Å². The summed E-state index contributed by atoms with van der Waals surface area (Å²) < 4.78 is 1.23. The topological polar surface area (TPSA) is 15.3 Å². The SMILES string of the molecule is Cc1ccc(N2CCC3(CCNCC3)CC2)cc1Br. The van der Waals surface area contributed by atoms with Crippen molar-refractivity contribution in [1.29, 1.82) is 0 Å². The quantitative estimate of drug-likeness (QED) is 0.847. The fraction of sp³-hybridized carbons (Fsp3) is 0.625. The number of halogens is 1. The van der Waals surface area contributed by atoms with E-state index in [1.165, 1.54) is 67.6 Å². The number of aryl methyl sites for hydroxylation is 1. The van der Waals surface area contributed by atoms with Crippen molar-refractivity contribution >= 4 is 21.6 Å². The average Bonchev–Trinajstić information content (AvgIpc) is 2.44. The highest BCUT2D eigenvalue weighted by molar-refractivity contribution is 9.10. The van der Waals surface area contributed by atoms with Crippen LogP contribution in [-0.2, 0) is 0 Å². The molecule has 2 aliphatic heterocycles. The van der Waals surface area contributed by atoms with Crippen LogP contribution in [0.15, 0.2) is 22.7 Å². The molecule has 0 bridgehead atoms. The number of nitrogens with zero attached hydrogens (tertiary/aromatic N) is 1. The molecule has 0 atom stereocenters. The molecule has 0 saturated carbocycles. The first-order valence-corrected chi connectivity index (χ1v) is 8.20. The van der Waals surface area contributed by atoms with Crippen molar-refractivity contribution in [3.63, 3.8) is 0 Å². The highest BCUT2D eigenvalue weighted by Crippen LogP contribution is 2.40. The maximum absolute atomic E-state index is 3.65. The molecule has 1 N–H and O–H groups in total. The summed E-state index contributed by atoms with van der Waals surface area (Å²) in [5.41, 5.74) is 3.33. The molecule has 2 saturated heterocycles. The summed E-state index contributed by atoms with van der Waals surface area (Å²) in [6.07, 6.45) is 5.47. The molecule has 3 rings (SSSR count). The molecule has 2 heterocycles. The van der Waals surface area contributed by atoms with E-state index >= 15 is 0 Å². The van der Waals surface area contributed by atoms with Crippen LogP contribution in [0.4, 0.5) is 5.69 Å². The van der Waals surface area contributed by atoms with E-state index < -0.39 is 0 Å². The number of rotatable bonds is 1. The number of benzene rings is 1. The Bertz CT molecular complexity index is 442. The highest BCUT2D eigenvalue weighted by atomic mass is 79.9. The Morgan fingerprint density at radius 1 is 1.11 bits per heavy atom. The summed E-state index contributed by atoms with van der Waals surface area (Å²) in [5.74, 6) is 0. The summed E-state index contributed by atoms with van der Waals surface area (Å²) in [6.45, 7) is 7.02. The van der Waals surface area contributed by atoms with Crippen molar-refractivity contribution in [2.24, 2.45) is 5.41 Å². The zero-order valence-electron chi connectivity index (χ0n) is 11.7. The van der Waals surface area contributed by atoms with E-state index in [0.29, 0.717) is 5.41 Å². The van der Waals surface area contributed by atoms with Gasteiger partial charge in [-0.3, -0.25) is 0 Å². The lowest BCUT2D eigenvalue weighted by Crippen LogP contribution is -2.45. The molecule has 0 radical (unpaired) electrons. The second-order valence-corrected chi connectivity index (χ2v) is 7.02. The van der Waals surface area contributed by atoms with Gasteiger partial charge in [-0.25, -0.2) is 0 Å². The Hall–Kier alpha value is -0.540. The Balaban J connectivity index is 1.67. The van der Waals surface area contributed by atoms with Crippen molar-refractivity contribution in [3.8, 4) is 0 Å². The Kier molecular flexibility index (Phi) is 3.86. The van der Waals surface area contributed by atoms with Crippen LogP contribution in [0.1, 0.15) is 31.2 Å². The van der Waals surface area contributed by atoms with E-state index in [1.54, 1.807) is 0 Å². The van der Waals surface area contributed by atoms with E-state index in [4.69, 9.17) is 0 Å². The van der Waals surface area contributed by atoms with Crippen LogP contribution < -0.4 is 10.2 Å². The van der Waals surface area contributed by atoms with Gasteiger partial charge in [0.25, 0.3) is 0 Å². The molecule has 2 fully saturated rings. The van der Waals surface area contributed by atoms with Gasteiger partial charge in [0.15, 0.2) is 0 Å². The lowest BCUT2D eigenvalue weighted by Gasteiger charge is -2.45. The minimum Gasteiger partial charge on any atom is -0.371 e. The zero-order valence-corrected chi connectivity index (χ0v) is 13.3. The first-order chi connectivity index (χ1) is 9.19. The van der Waals surface area contributed by atoms with Gasteiger partial charge < -0.3 is 10.2 Å². The molecule has 0 unspecified atom stereocenters. The Labute approximate surface area is 124 Å². The molecule has 3 heteroatoms. The standard InChI is InChI=1S/C16H23BrN2/c1-13-2-3-14(12-15(13)17)19-10-6-16(7-11-19)4-8-18-9-5-16/h2-3,12,18H,4-11H2,1H3. The fourth-order valence-electron chi connectivity index (χ4n) is 3.47. The normalized spacial score (nSPS) is 22.7. The highest BCUT2D eigenvalue weighted by Gasteiger charge is 2.35. The predicted molar refractivity (Wildman–Crippen MR) is 84.9 cm³/mol. The number of hydrogen-bond acceptors (Lipinski definition) is 2. The summed E-state index contributed by atoms with van der Waals surface area (Å²) in [6, 6.07) is 6.75. The largest absolute Gasteiger partial charge is 0.371 e. The Morgan fingerprint density at radius 2 is 1.79 bits per heavy atom. The monoisotopic (exact) mass is 322 g/mol. The molecule has 1 aromatic carbocycles. The molecule has 2 aliphatic rings. The van der Waals surface area contributed by atoms with Gasteiger partial charge in [-0.1, -0.05) is 22.0 Å². The minimum atomic E-state index is 0.643. The molecular weight excluding hydrogens is 300 g/mol. The van der Waals surface area contributed by atoms with E-state index in [-0.39, 0.29) is 0 Å².